The first-order valence-electron chi connectivity index (χ1n) is 4.84. The van der Waals surface area contributed by atoms with Crippen LogP contribution in [-0.4, -0.2) is 0 Å². The van der Waals surface area contributed by atoms with E-state index in [4.69, 9.17) is 5.73 Å². The quantitative estimate of drug-likeness (QED) is 0.731. The second kappa shape index (κ2) is 3.70. The molecule has 1 aromatic carbocycles. The Morgan fingerprint density at radius 2 is 1.86 bits per heavy atom. The number of halogens is 1. The summed E-state index contributed by atoms with van der Waals surface area (Å²) in [5, 5.41) is 0. The zero-order valence-electron chi connectivity index (χ0n) is 9.26. The molecule has 1 atom stereocenters. The van der Waals surface area contributed by atoms with E-state index >= 15 is 0 Å². The van der Waals surface area contributed by atoms with E-state index in [9.17, 15) is 4.39 Å². The van der Waals surface area contributed by atoms with Gasteiger partial charge in [-0.2, -0.15) is 0 Å². The van der Waals surface area contributed by atoms with Gasteiger partial charge in [-0.15, -0.1) is 0 Å². The topological polar surface area (TPSA) is 26.0 Å². The number of benzene rings is 1. The summed E-state index contributed by atoms with van der Waals surface area (Å²) in [6.45, 7) is 7.95. The SMILES string of the molecule is Cc1c(F)cccc1[C@@H](N)C(C)(C)C. The molecule has 0 heterocycles. The summed E-state index contributed by atoms with van der Waals surface area (Å²) in [4.78, 5) is 0. The van der Waals surface area contributed by atoms with Crippen LogP contribution < -0.4 is 5.73 Å². The zero-order chi connectivity index (χ0) is 10.9. The Labute approximate surface area is 85.1 Å². The fraction of sp³-hybridized carbons (Fsp3) is 0.500. The van der Waals surface area contributed by atoms with Gasteiger partial charge in [0.25, 0.3) is 0 Å². The number of nitrogens with two attached hydrogens (primary N) is 1. The minimum Gasteiger partial charge on any atom is -0.324 e. The third-order valence-electron chi connectivity index (χ3n) is 2.58. The minimum absolute atomic E-state index is 0.0431. The summed E-state index contributed by atoms with van der Waals surface area (Å²) >= 11 is 0. The fourth-order valence-corrected chi connectivity index (χ4v) is 1.43. The van der Waals surface area contributed by atoms with Crippen LogP contribution in [0.25, 0.3) is 0 Å². The maximum absolute atomic E-state index is 13.3. The molecule has 0 aromatic heterocycles. The van der Waals surface area contributed by atoms with Crippen molar-refractivity contribution in [3.63, 3.8) is 0 Å². The van der Waals surface area contributed by atoms with Crippen LogP contribution >= 0.6 is 0 Å². The van der Waals surface area contributed by atoms with Crippen LogP contribution in [0.5, 0.6) is 0 Å². The molecule has 78 valence electrons. The molecule has 14 heavy (non-hydrogen) atoms. The summed E-state index contributed by atoms with van der Waals surface area (Å²) < 4.78 is 13.3. The van der Waals surface area contributed by atoms with E-state index in [0.29, 0.717) is 5.56 Å². The minimum atomic E-state index is -0.179. The fourth-order valence-electron chi connectivity index (χ4n) is 1.43. The van der Waals surface area contributed by atoms with Gasteiger partial charge in [0.15, 0.2) is 0 Å². The molecule has 0 aliphatic heterocycles. The normalized spacial score (nSPS) is 14.1. The lowest BCUT2D eigenvalue weighted by Gasteiger charge is -2.28. The van der Waals surface area contributed by atoms with E-state index in [-0.39, 0.29) is 17.3 Å². The first kappa shape index (κ1) is 11.2. The molecular formula is C12H18FN. The van der Waals surface area contributed by atoms with Gasteiger partial charge in [0.1, 0.15) is 5.82 Å². The Kier molecular flexibility index (Phi) is 2.95. The molecule has 0 aliphatic rings. The maximum Gasteiger partial charge on any atom is 0.126 e. The number of hydrogen-bond donors (Lipinski definition) is 1. The van der Waals surface area contributed by atoms with Crippen molar-refractivity contribution in [1.82, 2.24) is 0 Å². The average Bonchev–Trinajstić information content (AvgIpc) is 2.07. The first-order valence-corrected chi connectivity index (χ1v) is 4.84. The molecule has 0 spiro atoms. The van der Waals surface area contributed by atoms with Crippen LogP contribution in [0.15, 0.2) is 18.2 Å². The zero-order valence-corrected chi connectivity index (χ0v) is 9.26. The Morgan fingerprint density at radius 1 is 1.29 bits per heavy atom. The smallest absolute Gasteiger partial charge is 0.126 e. The first-order chi connectivity index (χ1) is 6.34. The number of hydrogen-bond acceptors (Lipinski definition) is 1. The van der Waals surface area contributed by atoms with Crippen LogP contribution in [0.3, 0.4) is 0 Å². The van der Waals surface area contributed by atoms with Crippen LogP contribution in [0.4, 0.5) is 4.39 Å². The average molecular weight is 195 g/mol. The third-order valence-corrected chi connectivity index (χ3v) is 2.58. The predicted molar refractivity (Wildman–Crippen MR) is 57.5 cm³/mol. The van der Waals surface area contributed by atoms with Gasteiger partial charge < -0.3 is 5.73 Å². The molecule has 2 N–H and O–H groups in total. The van der Waals surface area contributed by atoms with E-state index in [0.717, 1.165) is 5.56 Å². The highest BCUT2D eigenvalue weighted by Gasteiger charge is 2.24. The Hall–Kier alpha value is -0.890. The molecule has 1 nitrogen and oxygen atoms in total. The van der Waals surface area contributed by atoms with Crippen molar-refractivity contribution in [2.75, 3.05) is 0 Å². The molecule has 0 amide bonds. The van der Waals surface area contributed by atoms with Crippen molar-refractivity contribution in [2.45, 2.75) is 33.7 Å². The highest BCUT2D eigenvalue weighted by Crippen LogP contribution is 2.32. The summed E-state index contributed by atoms with van der Waals surface area (Å²) in [5.41, 5.74) is 7.59. The standard InChI is InChI=1S/C12H18FN/c1-8-9(6-5-7-10(8)13)11(14)12(2,3)4/h5-7,11H,14H2,1-4H3/t11-/m1/s1. The van der Waals surface area contributed by atoms with Gasteiger partial charge in [0.2, 0.25) is 0 Å². The van der Waals surface area contributed by atoms with Crippen LogP contribution in [-0.2, 0) is 0 Å². The lowest BCUT2D eigenvalue weighted by molar-refractivity contribution is 0.325. The lowest BCUT2D eigenvalue weighted by atomic mass is 9.81. The van der Waals surface area contributed by atoms with Crippen molar-refractivity contribution in [2.24, 2.45) is 11.1 Å². The predicted octanol–water partition coefficient (Wildman–Crippen LogP) is 3.18. The molecule has 0 fully saturated rings. The Bertz CT molecular complexity index is 326. The van der Waals surface area contributed by atoms with Gasteiger partial charge >= 0.3 is 0 Å². The Morgan fingerprint density at radius 3 is 2.36 bits per heavy atom. The molecule has 0 bridgehead atoms. The van der Waals surface area contributed by atoms with Gasteiger partial charge in [0, 0.05) is 6.04 Å². The van der Waals surface area contributed by atoms with Crippen molar-refractivity contribution < 1.29 is 4.39 Å². The molecule has 0 aliphatic carbocycles. The lowest BCUT2D eigenvalue weighted by Crippen LogP contribution is -2.27. The maximum atomic E-state index is 13.3. The van der Waals surface area contributed by atoms with Crippen LogP contribution in [0.2, 0.25) is 0 Å². The van der Waals surface area contributed by atoms with Gasteiger partial charge in [0.05, 0.1) is 0 Å². The second-order valence-electron chi connectivity index (χ2n) is 4.80. The number of rotatable bonds is 1. The van der Waals surface area contributed by atoms with Gasteiger partial charge in [-0.1, -0.05) is 32.9 Å². The highest BCUT2D eigenvalue weighted by molar-refractivity contribution is 5.30. The van der Waals surface area contributed by atoms with Crippen LogP contribution in [0.1, 0.15) is 37.9 Å². The van der Waals surface area contributed by atoms with Crippen LogP contribution in [0, 0.1) is 18.2 Å². The van der Waals surface area contributed by atoms with E-state index in [1.54, 1.807) is 13.0 Å². The van der Waals surface area contributed by atoms with E-state index in [1.165, 1.54) is 6.07 Å². The van der Waals surface area contributed by atoms with Gasteiger partial charge in [-0.05, 0) is 29.5 Å². The summed E-state index contributed by atoms with van der Waals surface area (Å²) in [6.07, 6.45) is 0. The monoisotopic (exact) mass is 195 g/mol. The van der Waals surface area contributed by atoms with Crippen molar-refractivity contribution in [3.05, 3.63) is 35.1 Å². The summed E-state index contributed by atoms with van der Waals surface area (Å²) in [7, 11) is 0. The van der Waals surface area contributed by atoms with E-state index in [1.807, 2.05) is 6.07 Å². The summed E-state index contributed by atoms with van der Waals surface area (Å²) in [6, 6.07) is 4.95. The molecular weight excluding hydrogens is 177 g/mol. The molecule has 1 aromatic rings. The molecule has 0 saturated heterocycles. The molecule has 2 heteroatoms. The third kappa shape index (κ3) is 2.13. The molecule has 0 saturated carbocycles. The molecule has 1 rings (SSSR count). The molecule has 0 unspecified atom stereocenters. The van der Waals surface area contributed by atoms with Crippen molar-refractivity contribution in [3.8, 4) is 0 Å². The van der Waals surface area contributed by atoms with E-state index in [2.05, 4.69) is 20.8 Å². The summed E-state index contributed by atoms with van der Waals surface area (Å²) in [5.74, 6) is -0.179. The van der Waals surface area contributed by atoms with E-state index < -0.39 is 0 Å². The molecule has 0 radical (unpaired) electrons. The van der Waals surface area contributed by atoms with Crippen molar-refractivity contribution >= 4 is 0 Å². The second-order valence-corrected chi connectivity index (χ2v) is 4.80. The Balaban J connectivity index is 3.14. The highest BCUT2D eigenvalue weighted by atomic mass is 19.1. The van der Waals surface area contributed by atoms with Gasteiger partial charge in [-0.3, -0.25) is 0 Å². The van der Waals surface area contributed by atoms with Crippen molar-refractivity contribution in [1.29, 1.82) is 0 Å². The van der Waals surface area contributed by atoms with Gasteiger partial charge in [-0.25, -0.2) is 4.39 Å². The largest absolute Gasteiger partial charge is 0.324 e.